The number of sulfonamides is 1. The van der Waals surface area contributed by atoms with Gasteiger partial charge in [-0.25, -0.2) is 13.1 Å². The summed E-state index contributed by atoms with van der Waals surface area (Å²) in [5.74, 6) is -0.968. The molecule has 0 fully saturated rings. The second kappa shape index (κ2) is 6.58. The Labute approximate surface area is 124 Å². The summed E-state index contributed by atoms with van der Waals surface area (Å²) in [6.07, 6.45) is 1.42. The molecule has 1 aromatic carbocycles. The van der Waals surface area contributed by atoms with Crippen molar-refractivity contribution in [2.24, 2.45) is 0 Å². The number of nitro benzene ring substituents is 1. The molecule has 10 heteroatoms. The first kappa shape index (κ1) is 17.7. The molecule has 1 atom stereocenters. The fourth-order valence-electron chi connectivity index (χ4n) is 1.94. The first-order valence-corrected chi connectivity index (χ1v) is 9.02. The van der Waals surface area contributed by atoms with Gasteiger partial charge < -0.3 is 0 Å². The van der Waals surface area contributed by atoms with Crippen LogP contribution in [0.1, 0.15) is 11.1 Å². The van der Waals surface area contributed by atoms with Gasteiger partial charge >= 0.3 is 5.69 Å². The third-order valence-corrected chi connectivity index (χ3v) is 5.29. The van der Waals surface area contributed by atoms with Gasteiger partial charge in [-0.1, -0.05) is 0 Å². The van der Waals surface area contributed by atoms with Crippen molar-refractivity contribution >= 4 is 26.5 Å². The number of hydrogen-bond donors (Lipinski definition) is 1. The quantitative estimate of drug-likeness (QED) is 0.615. The summed E-state index contributed by atoms with van der Waals surface area (Å²) in [6, 6.07) is 0.817. The molecule has 1 unspecified atom stereocenters. The minimum Gasteiger partial charge on any atom is -0.260 e. The number of nitrogens with one attached hydrogen (secondary N) is 1. The third kappa shape index (κ3) is 4.05. The van der Waals surface area contributed by atoms with Crippen molar-refractivity contribution < 1.29 is 21.9 Å². The van der Waals surface area contributed by atoms with Gasteiger partial charge in [-0.3, -0.25) is 14.3 Å². The van der Waals surface area contributed by atoms with Gasteiger partial charge in [-0.05, 0) is 25.5 Å². The van der Waals surface area contributed by atoms with Gasteiger partial charge in [-0.15, -0.1) is 0 Å². The summed E-state index contributed by atoms with van der Waals surface area (Å²) in [5, 5.41) is 10.8. The Balaban J connectivity index is 3.32. The number of rotatable bonds is 6. The SMILES string of the molecule is Cc1cc(F)c([N+](=O)[O-])c(C)c1S(=O)(=O)NCCS(C)=O. The van der Waals surface area contributed by atoms with Crippen LogP contribution in [0.25, 0.3) is 0 Å². The lowest BCUT2D eigenvalue weighted by atomic mass is 10.1. The second-order valence-electron chi connectivity index (χ2n) is 4.41. The molecule has 0 saturated carbocycles. The summed E-state index contributed by atoms with van der Waals surface area (Å²) in [5.41, 5.74) is -1.05. The predicted octanol–water partition coefficient (Wildman–Crippen LogP) is 1.01. The molecule has 0 radical (unpaired) electrons. The lowest BCUT2D eigenvalue weighted by molar-refractivity contribution is -0.388. The number of aryl methyl sites for hydroxylation is 1. The van der Waals surface area contributed by atoms with E-state index < -0.39 is 37.3 Å². The van der Waals surface area contributed by atoms with E-state index in [9.17, 15) is 27.1 Å². The zero-order chi connectivity index (χ0) is 16.4. The molecule has 1 rings (SSSR count). The monoisotopic (exact) mass is 338 g/mol. The van der Waals surface area contributed by atoms with Crippen molar-refractivity contribution in [3.05, 3.63) is 33.1 Å². The third-order valence-electron chi connectivity index (χ3n) is 2.76. The standard InChI is InChI=1S/C11H15FN2O5S2/c1-7-6-9(12)10(14(15)16)8(2)11(7)21(18,19)13-4-5-20(3)17/h6,13H,4-5H2,1-3H3. The van der Waals surface area contributed by atoms with Crippen LogP contribution in [0.15, 0.2) is 11.0 Å². The Hall–Kier alpha value is -1.39. The molecule has 1 N–H and O–H groups in total. The molecule has 0 aliphatic rings. The lowest BCUT2D eigenvalue weighted by Crippen LogP contribution is -2.29. The molecule has 7 nitrogen and oxygen atoms in total. The topological polar surface area (TPSA) is 106 Å². The second-order valence-corrected chi connectivity index (χ2v) is 7.67. The molecule has 0 spiro atoms. The van der Waals surface area contributed by atoms with E-state index in [0.717, 1.165) is 6.07 Å². The number of benzene rings is 1. The van der Waals surface area contributed by atoms with Crippen LogP contribution < -0.4 is 4.72 Å². The smallest absolute Gasteiger partial charge is 0.260 e. The van der Waals surface area contributed by atoms with Crippen molar-refractivity contribution in [3.63, 3.8) is 0 Å². The van der Waals surface area contributed by atoms with Crippen LogP contribution in [0.3, 0.4) is 0 Å². The van der Waals surface area contributed by atoms with E-state index in [1.54, 1.807) is 0 Å². The zero-order valence-corrected chi connectivity index (χ0v) is 13.3. The van der Waals surface area contributed by atoms with Crippen LogP contribution in [0.4, 0.5) is 10.1 Å². The molecule has 0 aromatic heterocycles. The largest absolute Gasteiger partial charge is 0.309 e. The van der Waals surface area contributed by atoms with E-state index in [-0.39, 0.29) is 28.3 Å². The molecule has 0 amide bonds. The normalized spacial score (nSPS) is 13.1. The maximum absolute atomic E-state index is 13.6. The Bertz CT molecular complexity index is 703. The van der Waals surface area contributed by atoms with Crippen molar-refractivity contribution in [1.82, 2.24) is 4.72 Å². The Kier molecular flexibility index (Phi) is 5.54. The van der Waals surface area contributed by atoms with Gasteiger partial charge in [0.15, 0.2) is 0 Å². The van der Waals surface area contributed by atoms with Gasteiger partial charge in [0, 0.05) is 29.4 Å². The minimum absolute atomic E-state index is 0.0701. The molecule has 1 aromatic rings. The van der Waals surface area contributed by atoms with Gasteiger partial charge in [0.05, 0.1) is 15.4 Å². The lowest BCUT2D eigenvalue weighted by Gasteiger charge is -2.12. The fourth-order valence-corrected chi connectivity index (χ4v) is 3.95. The first-order valence-electron chi connectivity index (χ1n) is 5.81. The maximum Gasteiger partial charge on any atom is 0.309 e. The van der Waals surface area contributed by atoms with Gasteiger partial charge in [0.2, 0.25) is 15.8 Å². The summed E-state index contributed by atoms with van der Waals surface area (Å²) in [4.78, 5) is 9.57. The van der Waals surface area contributed by atoms with Gasteiger partial charge in [0.25, 0.3) is 0 Å². The van der Waals surface area contributed by atoms with Crippen LogP contribution in [0.5, 0.6) is 0 Å². The molecule has 0 saturated heterocycles. The number of nitrogens with zero attached hydrogens (tertiary/aromatic N) is 1. The molecular formula is C11H15FN2O5S2. The average Bonchev–Trinajstić information content (AvgIpc) is 2.25. The summed E-state index contributed by atoms with van der Waals surface area (Å²) in [7, 11) is -5.22. The molecule has 0 heterocycles. The number of halogens is 1. The number of nitro groups is 1. The van der Waals surface area contributed by atoms with Crippen molar-refractivity contribution in [2.75, 3.05) is 18.6 Å². The van der Waals surface area contributed by atoms with E-state index in [0.29, 0.717) is 0 Å². The molecule has 0 aliphatic carbocycles. The maximum atomic E-state index is 13.6. The predicted molar refractivity (Wildman–Crippen MR) is 76.7 cm³/mol. The summed E-state index contributed by atoms with van der Waals surface area (Å²) >= 11 is 0. The van der Waals surface area contributed by atoms with E-state index in [1.165, 1.54) is 20.1 Å². The minimum atomic E-state index is -4.05. The fraction of sp³-hybridized carbons (Fsp3) is 0.455. The van der Waals surface area contributed by atoms with Crippen molar-refractivity contribution in [1.29, 1.82) is 0 Å². The van der Waals surface area contributed by atoms with Crippen LogP contribution in [-0.4, -0.2) is 36.1 Å². The van der Waals surface area contributed by atoms with Crippen molar-refractivity contribution in [3.8, 4) is 0 Å². The van der Waals surface area contributed by atoms with E-state index in [1.807, 2.05) is 0 Å². The highest BCUT2D eigenvalue weighted by molar-refractivity contribution is 7.89. The van der Waals surface area contributed by atoms with E-state index in [2.05, 4.69) is 4.72 Å². The van der Waals surface area contributed by atoms with Crippen molar-refractivity contribution in [2.45, 2.75) is 18.7 Å². The van der Waals surface area contributed by atoms with Gasteiger partial charge in [0.1, 0.15) is 0 Å². The van der Waals surface area contributed by atoms with E-state index >= 15 is 0 Å². The highest BCUT2D eigenvalue weighted by Crippen LogP contribution is 2.30. The van der Waals surface area contributed by atoms with Crippen LogP contribution >= 0.6 is 0 Å². The first-order chi connectivity index (χ1) is 9.58. The summed E-state index contributed by atoms with van der Waals surface area (Å²) in [6.45, 7) is 2.46. The van der Waals surface area contributed by atoms with E-state index in [4.69, 9.17) is 0 Å². The molecular weight excluding hydrogens is 323 g/mol. The zero-order valence-electron chi connectivity index (χ0n) is 11.7. The average molecular weight is 338 g/mol. The van der Waals surface area contributed by atoms with Crippen LogP contribution in [0, 0.1) is 29.8 Å². The van der Waals surface area contributed by atoms with Crippen LogP contribution in [-0.2, 0) is 20.8 Å². The Morgan fingerprint density at radius 3 is 2.48 bits per heavy atom. The van der Waals surface area contributed by atoms with Crippen LogP contribution in [0.2, 0.25) is 0 Å². The highest BCUT2D eigenvalue weighted by atomic mass is 32.2. The molecule has 21 heavy (non-hydrogen) atoms. The molecule has 0 bridgehead atoms. The van der Waals surface area contributed by atoms with Gasteiger partial charge in [-0.2, -0.15) is 4.39 Å². The molecule has 118 valence electrons. The number of hydrogen-bond acceptors (Lipinski definition) is 5. The highest BCUT2D eigenvalue weighted by Gasteiger charge is 2.29. The Morgan fingerprint density at radius 2 is 2.00 bits per heavy atom. The summed E-state index contributed by atoms with van der Waals surface area (Å²) < 4.78 is 51.1. The molecule has 0 aliphatic heterocycles. The Morgan fingerprint density at radius 1 is 1.43 bits per heavy atom.